The minimum Gasteiger partial charge on any atom is -0.397 e. The molecule has 0 radical (unpaired) electrons. The number of anilines is 1. The number of nitrogens with one attached hydrogen (secondary N) is 1. The van der Waals surface area contributed by atoms with E-state index >= 15 is 0 Å². The molecule has 0 spiro atoms. The van der Waals surface area contributed by atoms with Crippen LogP contribution in [0.3, 0.4) is 0 Å². The number of amides is 2. The summed E-state index contributed by atoms with van der Waals surface area (Å²) in [5, 5.41) is 2.79. The van der Waals surface area contributed by atoms with Gasteiger partial charge < -0.3 is 20.7 Å². The van der Waals surface area contributed by atoms with Crippen molar-refractivity contribution in [2.45, 2.75) is 19.4 Å². The first-order valence-corrected chi connectivity index (χ1v) is 7.02. The summed E-state index contributed by atoms with van der Waals surface area (Å²) in [6.07, 6.45) is 2.34. The molecule has 1 aromatic rings. The van der Waals surface area contributed by atoms with Crippen LogP contribution >= 0.6 is 0 Å². The van der Waals surface area contributed by atoms with Gasteiger partial charge in [-0.1, -0.05) is 6.92 Å². The number of hydrogen-bond acceptors (Lipinski definition) is 5. The van der Waals surface area contributed by atoms with Gasteiger partial charge in [0.2, 0.25) is 5.91 Å². The molecule has 2 amide bonds. The topological polar surface area (TPSA) is 97.5 Å². The van der Waals surface area contributed by atoms with Gasteiger partial charge in [0.05, 0.1) is 18.9 Å². The lowest BCUT2D eigenvalue weighted by atomic mass is 10.1. The van der Waals surface area contributed by atoms with Crippen LogP contribution in [0.5, 0.6) is 0 Å². The van der Waals surface area contributed by atoms with Crippen molar-refractivity contribution >= 4 is 17.5 Å². The average molecular weight is 292 g/mol. The highest BCUT2D eigenvalue weighted by Crippen LogP contribution is 2.15. The second kappa shape index (κ2) is 7.03. The van der Waals surface area contributed by atoms with Crippen LogP contribution in [0.25, 0.3) is 0 Å². The molecular formula is C14H20N4O3. The van der Waals surface area contributed by atoms with Gasteiger partial charge in [0.25, 0.3) is 5.91 Å². The van der Waals surface area contributed by atoms with Crippen LogP contribution in [0.15, 0.2) is 18.3 Å². The first-order valence-electron chi connectivity index (χ1n) is 7.02. The standard InChI is InChI=1S/C14H20N4O3/c1-2-5-17-13(19)11-9-21-8-7-18(11)14(20)12-10(15)4-3-6-16-12/h3-4,6,11H,2,5,7-9,15H2,1H3,(H,17,19). The van der Waals surface area contributed by atoms with Crippen molar-refractivity contribution in [3.8, 4) is 0 Å². The number of nitrogen functional groups attached to an aromatic ring is 1. The molecule has 114 valence electrons. The average Bonchev–Trinajstić information content (AvgIpc) is 2.52. The second-order valence-corrected chi connectivity index (χ2v) is 4.82. The Hall–Kier alpha value is -2.15. The van der Waals surface area contributed by atoms with E-state index in [0.717, 1.165) is 6.42 Å². The van der Waals surface area contributed by atoms with Crippen LogP contribution in [-0.2, 0) is 9.53 Å². The number of nitrogens with zero attached hydrogens (tertiary/aromatic N) is 2. The molecule has 1 saturated heterocycles. The van der Waals surface area contributed by atoms with E-state index < -0.39 is 6.04 Å². The van der Waals surface area contributed by atoms with Gasteiger partial charge in [0, 0.05) is 19.3 Å². The molecule has 0 aromatic carbocycles. The number of rotatable bonds is 4. The molecule has 7 nitrogen and oxygen atoms in total. The fourth-order valence-electron chi connectivity index (χ4n) is 2.16. The number of hydrogen-bond donors (Lipinski definition) is 2. The molecule has 3 N–H and O–H groups in total. The van der Waals surface area contributed by atoms with Gasteiger partial charge in [0.1, 0.15) is 6.04 Å². The lowest BCUT2D eigenvalue weighted by Crippen LogP contribution is -2.56. The maximum atomic E-state index is 12.6. The van der Waals surface area contributed by atoms with Crippen LogP contribution in [-0.4, -0.2) is 54.0 Å². The molecule has 2 rings (SSSR count). The number of pyridine rings is 1. The Morgan fingerprint density at radius 1 is 1.57 bits per heavy atom. The molecule has 1 aliphatic heterocycles. The van der Waals surface area contributed by atoms with Gasteiger partial charge in [-0.05, 0) is 18.6 Å². The molecule has 0 saturated carbocycles. The van der Waals surface area contributed by atoms with Crippen LogP contribution in [0, 0.1) is 0 Å². The van der Waals surface area contributed by atoms with E-state index in [1.54, 1.807) is 12.1 Å². The molecule has 21 heavy (non-hydrogen) atoms. The van der Waals surface area contributed by atoms with E-state index in [1.807, 2.05) is 6.92 Å². The van der Waals surface area contributed by atoms with E-state index in [4.69, 9.17) is 10.5 Å². The van der Waals surface area contributed by atoms with E-state index in [-0.39, 0.29) is 24.1 Å². The molecule has 1 unspecified atom stereocenters. The molecule has 7 heteroatoms. The maximum Gasteiger partial charge on any atom is 0.275 e. The van der Waals surface area contributed by atoms with Crippen LogP contribution in [0.2, 0.25) is 0 Å². The van der Waals surface area contributed by atoms with Crippen molar-refractivity contribution in [3.05, 3.63) is 24.0 Å². The molecule has 2 heterocycles. The lowest BCUT2D eigenvalue weighted by Gasteiger charge is -2.34. The summed E-state index contributed by atoms with van der Waals surface area (Å²) < 4.78 is 5.32. The van der Waals surface area contributed by atoms with Gasteiger partial charge in [-0.2, -0.15) is 0 Å². The SMILES string of the molecule is CCCNC(=O)C1COCCN1C(=O)c1ncccc1N. The Bertz CT molecular complexity index is 521. The zero-order chi connectivity index (χ0) is 15.2. The Morgan fingerprint density at radius 3 is 3.10 bits per heavy atom. The minimum absolute atomic E-state index is 0.174. The summed E-state index contributed by atoms with van der Waals surface area (Å²) in [5.74, 6) is -0.549. The first kappa shape index (κ1) is 15.2. The highest BCUT2D eigenvalue weighted by Gasteiger charge is 2.34. The zero-order valence-corrected chi connectivity index (χ0v) is 12.0. The Balaban J connectivity index is 2.16. The molecule has 0 bridgehead atoms. The first-order chi connectivity index (χ1) is 10.1. The summed E-state index contributed by atoms with van der Waals surface area (Å²) in [6, 6.07) is 2.64. The molecule has 1 fully saturated rings. The predicted molar refractivity (Wildman–Crippen MR) is 77.6 cm³/mol. The number of nitrogens with two attached hydrogens (primary N) is 1. The summed E-state index contributed by atoms with van der Waals surface area (Å²) in [6.45, 7) is 3.47. The van der Waals surface area contributed by atoms with Crippen molar-refractivity contribution in [2.75, 3.05) is 32.0 Å². The van der Waals surface area contributed by atoms with E-state index in [9.17, 15) is 9.59 Å². The monoisotopic (exact) mass is 292 g/mol. The Labute approximate surface area is 123 Å². The third-order valence-corrected chi connectivity index (χ3v) is 3.28. The van der Waals surface area contributed by atoms with Gasteiger partial charge >= 0.3 is 0 Å². The Kier molecular flexibility index (Phi) is 5.10. The molecule has 1 aromatic heterocycles. The zero-order valence-electron chi connectivity index (χ0n) is 12.0. The van der Waals surface area contributed by atoms with E-state index in [1.165, 1.54) is 11.1 Å². The smallest absolute Gasteiger partial charge is 0.275 e. The largest absolute Gasteiger partial charge is 0.397 e. The maximum absolute atomic E-state index is 12.6. The summed E-state index contributed by atoms with van der Waals surface area (Å²) >= 11 is 0. The highest BCUT2D eigenvalue weighted by atomic mass is 16.5. The third kappa shape index (κ3) is 3.49. The third-order valence-electron chi connectivity index (χ3n) is 3.28. The lowest BCUT2D eigenvalue weighted by molar-refractivity contribution is -0.130. The van der Waals surface area contributed by atoms with Gasteiger partial charge in [-0.3, -0.25) is 9.59 Å². The van der Waals surface area contributed by atoms with Crippen molar-refractivity contribution < 1.29 is 14.3 Å². The van der Waals surface area contributed by atoms with Crippen molar-refractivity contribution in [3.63, 3.8) is 0 Å². The number of carbonyl (C=O) groups is 2. The van der Waals surface area contributed by atoms with Gasteiger partial charge in [-0.15, -0.1) is 0 Å². The van der Waals surface area contributed by atoms with Gasteiger partial charge in [-0.25, -0.2) is 4.98 Å². The van der Waals surface area contributed by atoms with Crippen molar-refractivity contribution in [2.24, 2.45) is 0 Å². The quantitative estimate of drug-likeness (QED) is 0.816. The number of morpholine rings is 1. The normalized spacial score (nSPS) is 18.3. The number of aromatic nitrogens is 1. The molecule has 0 aliphatic carbocycles. The minimum atomic E-state index is -0.640. The van der Waals surface area contributed by atoms with E-state index in [2.05, 4.69) is 10.3 Å². The molecule has 1 atom stereocenters. The fraction of sp³-hybridized carbons (Fsp3) is 0.500. The van der Waals surface area contributed by atoms with Crippen molar-refractivity contribution in [1.29, 1.82) is 0 Å². The number of carbonyl (C=O) groups excluding carboxylic acids is 2. The van der Waals surface area contributed by atoms with Crippen LogP contribution < -0.4 is 11.1 Å². The Morgan fingerprint density at radius 2 is 2.38 bits per heavy atom. The predicted octanol–water partition coefficient (Wildman–Crippen LogP) is 0.0310. The summed E-state index contributed by atoms with van der Waals surface area (Å²) in [5.41, 5.74) is 6.27. The van der Waals surface area contributed by atoms with Crippen LogP contribution in [0.4, 0.5) is 5.69 Å². The second-order valence-electron chi connectivity index (χ2n) is 4.82. The molecule has 1 aliphatic rings. The molecular weight excluding hydrogens is 272 g/mol. The van der Waals surface area contributed by atoms with E-state index in [0.29, 0.717) is 25.4 Å². The number of ether oxygens (including phenoxy) is 1. The van der Waals surface area contributed by atoms with Crippen LogP contribution in [0.1, 0.15) is 23.8 Å². The van der Waals surface area contributed by atoms with Gasteiger partial charge in [0.15, 0.2) is 5.69 Å². The highest BCUT2D eigenvalue weighted by molar-refractivity contribution is 5.99. The fourth-order valence-corrected chi connectivity index (χ4v) is 2.16. The summed E-state index contributed by atoms with van der Waals surface area (Å²) in [4.78, 5) is 30.2. The van der Waals surface area contributed by atoms with Crippen molar-refractivity contribution in [1.82, 2.24) is 15.2 Å². The summed E-state index contributed by atoms with van der Waals surface area (Å²) in [7, 11) is 0.